The Morgan fingerprint density at radius 1 is 1.30 bits per heavy atom. The molecule has 3 rings (SSSR count). The molecule has 0 fully saturated rings. The molecule has 2 heterocycles. The lowest BCUT2D eigenvalue weighted by Gasteiger charge is -2.16. The van der Waals surface area contributed by atoms with E-state index in [0.29, 0.717) is 23.4 Å². The molecule has 1 aromatic heterocycles. The zero-order valence-electron chi connectivity index (χ0n) is 10.5. The van der Waals surface area contributed by atoms with Crippen LogP contribution >= 0.6 is 0 Å². The summed E-state index contributed by atoms with van der Waals surface area (Å²) >= 11 is 0. The van der Waals surface area contributed by atoms with Crippen LogP contribution in [0.15, 0.2) is 29.1 Å². The van der Waals surface area contributed by atoms with Crippen molar-refractivity contribution in [2.75, 3.05) is 11.9 Å². The van der Waals surface area contributed by atoms with Crippen molar-refractivity contribution < 1.29 is 4.92 Å². The van der Waals surface area contributed by atoms with Gasteiger partial charge in [0.15, 0.2) is 0 Å². The van der Waals surface area contributed by atoms with Crippen LogP contribution in [-0.2, 0) is 6.42 Å². The number of benzene rings is 1. The first-order valence-electron chi connectivity index (χ1n) is 6.27. The SMILES string of the molecule is O=c1[nH]c(-c2ccccc2[N+](=O)[O-])nc2c1CCCN2. The molecule has 2 aromatic rings. The molecular weight excluding hydrogens is 260 g/mol. The van der Waals surface area contributed by atoms with Crippen LogP contribution in [0.1, 0.15) is 12.0 Å². The molecule has 0 saturated heterocycles. The third kappa shape index (κ3) is 2.03. The number of hydrogen-bond acceptors (Lipinski definition) is 5. The molecule has 7 nitrogen and oxygen atoms in total. The van der Waals surface area contributed by atoms with Crippen LogP contribution in [0, 0.1) is 10.1 Å². The zero-order valence-corrected chi connectivity index (χ0v) is 10.5. The molecule has 0 spiro atoms. The van der Waals surface area contributed by atoms with Gasteiger partial charge in [-0.3, -0.25) is 14.9 Å². The van der Waals surface area contributed by atoms with Gasteiger partial charge in [-0.15, -0.1) is 0 Å². The summed E-state index contributed by atoms with van der Waals surface area (Å²) in [5.74, 6) is 0.739. The van der Waals surface area contributed by atoms with Crippen molar-refractivity contribution in [2.24, 2.45) is 0 Å². The van der Waals surface area contributed by atoms with Crippen molar-refractivity contribution >= 4 is 11.5 Å². The second kappa shape index (κ2) is 4.76. The number of anilines is 1. The standard InChI is InChI=1S/C13H12N4O3/c18-13-9-5-3-7-14-11(9)15-12(16-13)8-4-1-2-6-10(8)17(19)20/h1-2,4,6H,3,5,7H2,(H2,14,15,16,18). The van der Waals surface area contributed by atoms with Crippen LogP contribution in [0.2, 0.25) is 0 Å². The first-order valence-corrected chi connectivity index (χ1v) is 6.27. The number of nitro groups is 1. The predicted molar refractivity (Wildman–Crippen MR) is 73.8 cm³/mol. The molecule has 0 radical (unpaired) electrons. The molecule has 2 N–H and O–H groups in total. The molecule has 102 valence electrons. The van der Waals surface area contributed by atoms with Crippen LogP contribution < -0.4 is 10.9 Å². The Labute approximate surface area is 113 Å². The number of H-pyrrole nitrogens is 1. The van der Waals surface area contributed by atoms with E-state index >= 15 is 0 Å². The van der Waals surface area contributed by atoms with Gasteiger partial charge in [0.2, 0.25) is 0 Å². The highest BCUT2D eigenvalue weighted by atomic mass is 16.6. The van der Waals surface area contributed by atoms with Gasteiger partial charge in [-0.05, 0) is 18.9 Å². The topological polar surface area (TPSA) is 101 Å². The van der Waals surface area contributed by atoms with Gasteiger partial charge in [0.05, 0.1) is 16.1 Å². The second-order valence-electron chi connectivity index (χ2n) is 4.55. The van der Waals surface area contributed by atoms with Gasteiger partial charge in [-0.1, -0.05) is 12.1 Å². The van der Waals surface area contributed by atoms with E-state index in [1.165, 1.54) is 6.07 Å². The summed E-state index contributed by atoms with van der Waals surface area (Å²) in [5, 5.41) is 14.1. The van der Waals surface area contributed by atoms with Crippen molar-refractivity contribution in [3.8, 4) is 11.4 Å². The Morgan fingerprint density at radius 2 is 2.10 bits per heavy atom. The molecule has 1 aliphatic heterocycles. The van der Waals surface area contributed by atoms with E-state index in [1.807, 2.05) is 0 Å². The van der Waals surface area contributed by atoms with Crippen molar-refractivity contribution in [3.05, 3.63) is 50.3 Å². The average molecular weight is 272 g/mol. The molecule has 0 unspecified atom stereocenters. The fourth-order valence-corrected chi connectivity index (χ4v) is 2.31. The quantitative estimate of drug-likeness (QED) is 0.640. The van der Waals surface area contributed by atoms with E-state index in [1.54, 1.807) is 18.2 Å². The highest BCUT2D eigenvalue weighted by molar-refractivity contribution is 5.69. The van der Waals surface area contributed by atoms with Gasteiger partial charge >= 0.3 is 0 Å². The molecule has 0 aliphatic carbocycles. The van der Waals surface area contributed by atoms with E-state index in [2.05, 4.69) is 15.3 Å². The van der Waals surface area contributed by atoms with E-state index in [-0.39, 0.29) is 17.1 Å². The lowest BCUT2D eigenvalue weighted by molar-refractivity contribution is -0.384. The number of nitrogens with one attached hydrogen (secondary N) is 2. The maximum absolute atomic E-state index is 12.0. The van der Waals surface area contributed by atoms with Crippen LogP contribution in [0.4, 0.5) is 11.5 Å². The van der Waals surface area contributed by atoms with Crippen molar-refractivity contribution in [3.63, 3.8) is 0 Å². The van der Waals surface area contributed by atoms with E-state index in [0.717, 1.165) is 13.0 Å². The molecule has 1 aliphatic rings. The van der Waals surface area contributed by atoms with Gasteiger partial charge < -0.3 is 10.3 Å². The van der Waals surface area contributed by atoms with Crippen molar-refractivity contribution in [1.82, 2.24) is 9.97 Å². The van der Waals surface area contributed by atoms with Crippen molar-refractivity contribution in [2.45, 2.75) is 12.8 Å². The van der Waals surface area contributed by atoms with Crippen LogP contribution in [0.3, 0.4) is 0 Å². The summed E-state index contributed by atoms with van der Waals surface area (Å²) in [6, 6.07) is 6.22. The smallest absolute Gasteiger partial charge is 0.280 e. The number of rotatable bonds is 2. The summed E-state index contributed by atoms with van der Waals surface area (Å²) in [4.78, 5) is 29.5. The molecule has 0 atom stereocenters. The first-order chi connectivity index (χ1) is 9.66. The van der Waals surface area contributed by atoms with Crippen molar-refractivity contribution in [1.29, 1.82) is 0 Å². The van der Waals surface area contributed by atoms with E-state index in [4.69, 9.17) is 0 Å². The minimum Gasteiger partial charge on any atom is -0.370 e. The predicted octanol–water partition coefficient (Wildman–Crippen LogP) is 1.70. The molecule has 0 saturated carbocycles. The van der Waals surface area contributed by atoms with E-state index < -0.39 is 4.92 Å². The number of para-hydroxylation sites is 1. The fourth-order valence-electron chi connectivity index (χ4n) is 2.31. The Morgan fingerprint density at radius 3 is 2.90 bits per heavy atom. The fraction of sp³-hybridized carbons (Fsp3) is 0.231. The number of aromatic amines is 1. The summed E-state index contributed by atoms with van der Waals surface area (Å²) in [7, 11) is 0. The van der Waals surface area contributed by atoms with Crippen LogP contribution in [0.25, 0.3) is 11.4 Å². The third-order valence-corrected chi connectivity index (χ3v) is 3.27. The van der Waals surface area contributed by atoms with Gasteiger partial charge in [0.25, 0.3) is 11.2 Å². The van der Waals surface area contributed by atoms with Gasteiger partial charge in [-0.2, -0.15) is 0 Å². The number of aromatic nitrogens is 2. The summed E-state index contributed by atoms with van der Waals surface area (Å²) in [5.41, 5.74) is 0.602. The normalized spacial score (nSPS) is 13.4. The Hall–Kier alpha value is -2.70. The zero-order chi connectivity index (χ0) is 14.1. The minimum absolute atomic E-state index is 0.0774. The van der Waals surface area contributed by atoms with Gasteiger partial charge in [-0.25, -0.2) is 4.98 Å². The van der Waals surface area contributed by atoms with E-state index in [9.17, 15) is 14.9 Å². The Kier molecular flexibility index (Phi) is 2.94. The highest BCUT2D eigenvalue weighted by Gasteiger charge is 2.20. The average Bonchev–Trinajstić information content (AvgIpc) is 2.47. The minimum atomic E-state index is -0.484. The summed E-state index contributed by atoms with van der Waals surface area (Å²) in [6.07, 6.45) is 1.55. The number of nitro benzene ring substituents is 1. The Bertz CT molecular complexity index is 739. The van der Waals surface area contributed by atoms with Gasteiger partial charge in [0.1, 0.15) is 11.6 Å². The number of fused-ring (bicyclic) bond motifs is 1. The molecule has 0 amide bonds. The second-order valence-corrected chi connectivity index (χ2v) is 4.55. The summed E-state index contributed by atoms with van der Waals surface area (Å²) < 4.78 is 0. The molecule has 0 bridgehead atoms. The lowest BCUT2D eigenvalue weighted by atomic mass is 10.1. The molecule has 7 heteroatoms. The maximum atomic E-state index is 12.0. The largest absolute Gasteiger partial charge is 0.370 e. The van der Waals surface area contributed by atoms with Crippen LogP contribution in [-0.4, -0.2) is 21.4 Å². The third-order valence-electron chi connectivity index (χ3n) is 3.27. The number of hydrogen-bond donors (Lipinski definition) is 2. The summed E-state index contributed by atoms with van der Waals surface area (Å²) in [6.45, 7) is 0.750. The molecule has 1 aromatic carbocycles. The monoisotopic (exact) mass is 272 g/mol. The first kappa shape index (κ1) is 12.3. The molecule has 20 heavy (non-hydrogen) atoms. The maximum Gasteiger partial charge on any atom is 0.280 e. The van der Waals surface area contributed by atoms with Gasteiger partial charge in [0, 0.05) is 12.6 Å². The molecular formula is C13H12N4O3. The number of nitrogens with zero attached hydrogens (tertiary/aromatic N) is 2. The lowest BCUT2D eigenvalue weighted by Crippen LogP contribution is -2.24. The van der Waals surface area contributed by atoms with Crippen LogP contribution in [0.5, 0.6) is 0 Å². The highest BCUT2D eigenvalue weighted by Crippen LogP contribution is 2.27. The Balaban J connectivity index is 2.19.